The second-order valence-corrected chi connectivity index (χ2v) is 7.01. The van der Waals surface area contributed by atoms with Crippen LogP contribution in [0.1, 0.15) is 13.3 Å². The summed E-state index contributed by atoms with van der Waals surface area (Å²) in [5.74, 6) is -0.773. The molecule has 1 aliphatic rings. The predicted octanol–water partition coefficient (Wildman–Crippen LogP) is 1.10. The molecule has 0 saturated heterocycles. The topological polar surface area (TPSA) is 84.5 Å². The van der Waals surface area contributed by atoms with Gasteiger partial charge in [-0.2, -0.15) is 8.78 Å². The lowest BCUT2D eigenvalue weighted by atomic mass is 10.5. The second kappa shape index (κ2) is 6.44. The summed E-state index contributed by atoms with van der Waals surface area (Å²) < 4.78 is 53.0. The number of rotatable bonds is 6. The molecule has 0 aromatic carbocycles. The van der Waals surface area contributed by atoms with Crippen molar-refractivity contribution in [2.24, 2.45) is 0 Å². The predicted molar refractivity (Wildman–Crippen MR) is 71.1 cm³/mol. The van der Waals surface area contributed by atoms with Crippen LogP contribution in [-0.2, 0) is 19.6 Å². The SMILES string of the molecule is CC1=COC(SCCC=C(F)F)(C(=O)NS(C)(=O)=O)N1. The van der Waals surface area contributed by atoms with Crippen LogP contribution < -0.4 is 10.0 Å². The summed E-state index contributed by atoms with van der Waals surface area (Å²) >= 11 is 0.886. The van der Waals surface area contributed by atoms with Crippen molar-refractivity contribution >= 4 is 27.7 Å². The van der Waals surface area contributed by atoms with E-state index in [1.165, 1.54) is 6.26 Å². The van der Waals surface area contributed by atoms with E-state index < -0.39 is 27.1 Å². The number of hydrogen-bond acceptors (Lipinski definition) is 6. The van der Waals surface area contributed by atoms with E-state index in [2.05, 4.69) is 5.32 Å². The zero-order valence-corrected chi connectivity index (χ0v) is 12.4. The number of carbonyl (C=O) groups excluding carboxylic acids is 1. The highest BCUT2D eigenvalue weighted by Crippen LogP contribution is 2.31. The molecule has 0 aromatic heterocycles. The van der Waals surface area contributed by atoms with E-state index >= 15 is 0 Å². The molecule has 0 radical (unpaired) electrons. The first-order chi connectivity index (χ1) is 9.15. The molecule has 0 fully saturated rings. The van der Waals surface area contributed by atoms with Crippen LogP contribution in [0.25, 0.3) is 0 Å². The van der Waals surface area contributed by atoms with Crippen LogP contribution in [0, 0.1) is 0 Å². The van der Waals surface area contributed by atoms with Crippen molar-refractivity contribution in [2.45, 2.75) is 18.4 Å². The van der Waals surface area contributed by atoms with E-state index in [1.54, 1.807) is 11.6 Å². The Morgan fingerprint density at radius 3 is 2.70 bits per heavy atom. The third kappa shape index (κ3) is 5.00. The first kappa shape index (κ1) is 16.8. The average molecular weight is 328 g/mol. The lowest BCUT2D eigenvalue weighted by Crippen LogP contribution is -2.53. The standard InChI is InChI=1S/C10H14F2N2O4S2/c1-7-6-18-10(13-7,9(15)14-20(2,16)17)19-5-3-4-8(11)12/h4,6,13H,3,5H2,1-2H3,(H,14,15). The zero-order valence-electron chi connectivity index (χ0n) is 10.8. The fourth-order valence-corrected chi connectivity index (χ4v) is 2.94. The van der Waals surface area contributed by atoms with Crippen molar-refractivity contribution < 1.29 is 26.7 Å². The van der Waals surface area contributed by atoms with Gasteiger partial charge in [0, 0.05) is 11.4 Å². The van der Waals surface area contributed by atoms with Gasteiger partial charge in [0.25, 0.3) is 6.08 Å². The highest BCUT2D eigenvalue weighted by Gasteiger charge is 2.45. The van der Waals surface area contributed by atoms with Gasteiger partial charge in [-0.05, 0) is 19.4 Å². The van der Waals surface area contributed by atoms with E-state index in [4.69, 9.17) is 4.74 Å². The number of ether oxygens (including phenoxy) is 1. The van der Waals surface area contributed by atoms with E-state index in [1.807, 2.05) is 0 Å². The Morgan fingerprint density at radius 2 is 2.25 bits per heavy atom. The molecule has 20 heavy (non-hydrogen) atoms. The number of carbonyl (C=O) groups is 1. The van der Waals surface area contributed by atoms with Gasteiger partial charge in [-0.25, -0.2) is 13.1 Å². The minimum absolute atomic E-state index is 0.0188. The monoisotopic (exact) mass is 328 g/mol. The first-order valence-corrected chi connectivity index (χ1v) is 8.32. The molecule has 0 aromatic rings. The molecule has 1 rings (SSSR count). The van der Waals surface area contributed by atoms with Crippen LogP contribution in [0.5, 0.6) is 0 Å². The number of halogens is 2. The van der Waals surface area contributed by atoms with Crippen LogP contribution >= 0.6 is 11.8 Å². The number of sulfonamides is 1. The van der Waals surface area contributed by atoms with Gasteiger partial charge in [0.15, 0.2) is 0 Å². The summed E-state index contributed by atoms with van der Waals surface area (Å²) in [4.78, 5) is 12.0. The maximum absolute atomic E-state index is 12.0. The van der Waals surface area contributed by atoms with Crippen LogP contribution in [0.2, 0.25) is 0 Å². The van der Waals surface area contributed by atoms with E-state index in [0.29, 0.717) is 11.8 Å². The van der Waals surface area contributed by atoms with Gasteiger partial charge >= 0.3 is 11.0 Å². The molecular weight excluding hydrogens is 314 g/mol. The van der Waals surface area contributed by atoms with Crippen LogP contribution in [0.4, 0.5) is 8.78 Å². The Kier molecular flexibility index (Phi) is 5.40. The highest BCUT2D eigenvalue weighted by molar-refractivity contribution is 8.01. The average Bonchev–Trinajstić information content (AvgIpc) is 2.65. The van der Waals surface area contributed by atoms with Gasteiger partial charge in [-0.1, -0.05) is 11.8 Å². The number of allylic oxidation sites excluding steroid dienone is 2. The van der Waals surface area contributed by atoms with Crippen LogP contribution in [0.15, 0.2) is 24.1 Å². The molecule has 0 bridgehead atoms. The molecule has 1 amide bonds. The third-order valence-corrected chi connectivity index (χ3v) is 3.85. The van der Waals surface area contributed by atoms with E-state index in [0.717, 1.165) is 18.0 Å². The Labute approximate surface area is 119 Å². The summed E-state index contributed by atoms with van der Waals surface area (Å²) in [6.07, 6.45) is 1.02. The van der Waals surface area contributed by atoms with Gasteiger partial charge in [-0.3, -0.25) is 4.79 Å². The van der Waals surface area contributed by atoms with Crippen molar-refractivity contribution in [2.75, 3.05) is 12.0 Å². The quantitative estimate of drug-likeness (QED) is 0.710. The maximum atomic E-state index is 12.0. The van der Waals surface area contributed by atoms with Crippen molar-refractivity contribution in [3.63, 3.8) is 0 Å². The normalized spacial score (nSPS) is 21.5. The zero-order chi connectivity index (χ0) is 15.4. The third-order valence-electron chi connectivity index (χ3n) is 2.06. The molecule has 0 saturated carbocycles. The van der Waals surface area contributed by atoms with Crippen molar-refractivity contribution in [3.8, 4) is 0 Å². The minimum Gasteiger partial charge on any atom is -0.456 e. The molecule has 0 aliphatic carbocycles. The van der Waals surface area contributed by atoms with Crippen LogP contribution in [-0.4, -0.2) is 31.4 Å². The fraction of sp³-hybridized carbons (Fsp3) is 0.500. The van der Waals surface area contributed by atoms with Gasteiger partial charge in [-0.15, -0.1) is 0 Å². The maximum Gasteiger partial charge on any atom is 0.310 e. The summed E-state index contributed by atoms with van der Waals surface area (Å²) in [5, 5.41) is 1.04. The Hall–Kier alpha value is -1.29. The number of nitrogens with one attached hydrogen (secondary N) is 2. The number of hydrogen-bond donors (Lipinski definition) is 2. The van der Waals surface area contributed by atoms with Crippen molar-refractivity contribution in [3.05, 3.63) is 24.1 Å². The first-order valence-electron chi connectivity index (χ1n) is 5.45. The smallest absolute Gasteiger partial charge is 0.310 e. The summed E-state index contributed by atoms with van der Waals surface area (Å²) in [7, 11) is -3.75. The Balaban J connectivity index is 2.73. The van der Waals surface area contributed by atoms with Crippen molar-refractivity contribution in [1.29, 1.82) is 0 Å². The minimum atomic E-state index is -3.75. The fourth-order valence-electron chi connectivity index (χ4n) is 1.34. The van der Waals surface area contributed by atoms with Gasteiger partial charge in [0.05, 0.1) is 6.26 Å². The molecule has 1 heterocycles. The molecule has 6 nitrogen and oxygen atoms in total. The molecule has 10 heteroatoms. The van der Waals surface area contributed by atoms with Gasteiger partial charge in [0.1, 0.15) is 6.26 Å². The molecule has 0 spiro atoms. The molecular formula is C10H14F2N2O4S2. The molecule has 114 valence electrons. The Morgan fingerprint density at radius 1 is 1.60 bits per heavy atom. The summed E-state index contributed by atoms with van der Waals surface area (Å²) in [6.45, 7) is 1.62. The van der Waals surface area contributed by atoms with Crippen molar-refractivity contribution in [1.82, 2.24) is 10.0 Å². The van der Waals surface area contributed by atoms with E-state index in [9.17, 15) is 22.0 Å². The molecule has 1 unspecified atom stereocenters. The molecule has 2 N–H and O–H groups in total. The van der Waals surface area contributed by atoms with Crippen LogP contribution in [0.3, 0.4) is 0 Å². The molecule has 1 aliphatic heterocycles. The summed E-state index contributed by atoms with van der Waals surface area (Å²) in [6, 6.07) is 0. The van der Waals surface area contributed by atoms with Gasteiger partial charge < -0.3 is 10.1 Å². The highest BCUT2D eigenvalue weighted by atomic mass is 32.2. The number of thioether (sulfide) groups is 1. The summed E-state index contributed by atoms with van der Waals surface area (Å²) in [5.41, 5.74) is 0.522. The lowest BCUT2D eigenvalue weighted by Gasteiger charge is -2.26. The second-order valence-electron chi connectivity index (χ2n) is 3.99. The lowest BCUT2D eigenvalue weighted by molar-refractivity contribution is -0.130. The molecule has 1 atom stereocenters. The van der Waals surface area contributed by atoms with E-state index in [-0.39, 0.29) is 12.2 Å². The Bertz CT molecular complexity index is 543. The number of amides is 1. The largest absolute Gasteiger partial charge is 0.456 e. The van der Waals surface area contributed by atoms with Gasteiger partial charge in [0.2, 0.25) is 10.0 Å².